The fraction of sp³-hybridized carbons (Fsp3) is 0.800. The lowest BCUT2D eigenvalue weighted by Gasteiger charge is -1.96. The van der Waals surface area contributed by atoms with E-state index >= 15 is 0 Å². The van der Waals surface area contributed by atoms with Gasteiger partial charge < -0.3 is 5.73 Å². The molecule has 0 bridgehead atoms. The first kappa shape index (κ1) is 5.19. The Bertz CT molecular complexity index is 78.1. The maximum atomic E-state index is 5.52. The molecule has 2 N–H and O–H groups in total. The van der Waals surface area contributed by atoms with Gasteiger partial charge in [-0.2, -0.15) is 0 Å². The van der Waals surface area contributed by atoms with Gasteiger partial charge in [-0.3, -0.25) is 0 Å². The standard InChI is InChI=1S/C5H9NS/c6-5(3-7)4-1-2-4/h3-5H,1-2,6H2. The van der Waals surface area contributed by atoms with Crippen LogP contribution >= 0.6 is 12.2 Å². The Balaban J connectivity index is 2.22. The highest BCUT2D eigenvalue weighted by atomic mass is 32.1. The van der Waals surface area contributed by atoms with E-state index < -0.39 is 0 Å². The molecule has 0 spiro atoms. The van der Waals surface area contributed by atoms with E-state index in [1.165, 1.54) is 12.8 Å². The Morgan fingerprint density at radius 2 is 2.29 bits per heavy atom. The summed E-state index contributed by atoms with van der Waals surface area (Å²) in [6.45, 7) is 0. The van der Waals surface area contributed by atoms with Gasteiger partial charge in [0.1, 0.15) is 0 Å². The highest BCUT2D eigenvalue weighted by molar-refractivity contribution is 7.79. The number of nitrogens with two attached hydrogens (primary N) is 1. The van der Waals surface area contributed by atoms with Crippen LogP contribution in [0.3, 0.4) is 0 Å². The smallest absolute Gasteiger partial charge is 0.0357 e. The molecule has 1 saturated carbocycles. The van der Waals surface area contributed by atoms with E-state index in [-0.39, 0.29) is 6.04 Å². The molecule has 1 unspecified atom stereocenters. The quantitative estimate of drug-likeness (QED) is 0.537. The van der Waals surface area contributed by atoms with Crippen LogP contribution in [-0.4, -0.2) is 11.4 Å². The average Bonchev–Trinajstić information content (AvgIpc) is 2.44. The molecule has 1 aliphatic rings. The largest absolute Gasteiger partial charge is 0.324 e. The molecule has 0 saturated heterocycles. The molecule has 2 heteroatoms. The lowest BCUT2D eigenvalue weighted by atomic mass is 10.2. The van der Waals surface area contributed by atoms with Crippen LogP contribution in [0.4, 0.5) is 0 Å². The fourth-order valence-corrected chi connectivity index (χ4v) is 0.814. The van der Waals surface area contributed by atoms with Crippen molar-refractivity contribution >= 4 is 17.6 Å². The van der Waals surface area contributed by atoms with Crippen LogP contribution in [0, 0.1) is 5.92 Å². The van der Waals surface area contributed by atoms with Crippen molar-refractivity contribution in [2.45, 2.75) is 18.9 Å². The topological polar surface area (TPSA) is 26.0 Å². The second kappa shape index (κ2) is 1.88. The summed E-state index contributed by atoms with van der Waals surface area (Å²) in [6, 6.07) is 0.204. The third kappa shape index (κ3) is 1.21. The van der Waals surface area contributed by atoms with Crippen LogP contribution in [0.25, 0.3) is 0 Å². The highest BCUT2D eigenvalue weighted by Gasteiger charge is 2.26. The summed E-state index contributed by atoms with van der Waals surface area (Å²) < 4.78 is 0. The van der Waals surface area contributed by atoms with E-state index in [0.717, 1.165) is 5.92 Å². The average molecular weight is 115 g/mol. The Kier molecular flexibility index (Phi) is 1.40. The second-order valence-electron chi connectivity index (χ2n) is 2.05. The molecule has 1 fully saturated rings. The van der Waals surface area contributed by atoms with Crippen LogP contribution < -0.4 is 5.73 Å². The zero-order valence-corrected chi connectivity index (χ0v) is 4.95. The summed E-state index contributed by atoms with van der Waals surface area (Å²) in [5.41, 5.74) is 5.52. The molecule has 40 valence electrons. The van der Waals surface area contributed by atoms with Crippen molar-refractivity contribution < 1.29 is 0 Å². The predicted octanol–water partition coefficient (Wildman–Crippen LogP) is 0.723. The van der Waals surface area contributed by atoms with E-state index in [4.69, 9.17) is 5.73 Å². The Morgan fingerprint density at radius 3 is 2.43 bits per heavy atom. The van der Waals surface area contributed by atoms with E-state index in [0.29, 0.717) is 0 Å². The third-order valence-corrected chi connectivity index (χ3v) is 1.64. The third-order valence-electron chi connectivity index (χ3n) is 1.32. The first-order valence-corrected chi connectivity index (χ1v) is 3.02. The van der Waals surface area contributed by atoms with Gasteiger partial charge in [-0.1, -0.05) is 12.2 Å². The van der Waals surface area contributed by atoms with Crippen molar-refractivity contribution in [3.63, 3.8) is 0 Å². The van der Waals surface area contributed by atoms with Gasteiger partial charge in [0, 0.05) is 6.04 Å². The predicted molar refractivity (Wildman–Crippen MR) is 34.4 cm³/mol. The van der Waals surface area contributed by atoms with Gasteiger partial charge in [-0.25, -0.2) is 0 Å². The summed E-state index contributed by atoms with van der Waals surface area (Å²) in [6.07, 6.45) is 2.57. The van der Waals surface area contributed by atoms with Gasteiger partial charge in [0.15, 0.2) is 0 Å². The van der Waals surface area contributed by atoms with Gasteiger partial charge in [-0.15, -0.1) is 0 Å². The van der Waals surface area contributed by atoms with Crippen molar-refractivity contribution in [2.75, 3.05) is 0 Å². The molecule has 0 amide bonds. The molecule has 0 radical (unpaired) electrons. The normalized spacial score (nSPS) is 24.1. The summed E-state index contributed by atoms with van der Waals surface area (Å²) in [4.78, 5) is 0. The van der Waals surface area contributed by atoms with Crippen LogP contribution in [0.1, 0.15) is 12.8 Å². The fourth-order valence-electron chi connectivity index (χ4n) is 0.592. The van der Waals surface area contributed by atoms with Crippen LogP contribution in [0.15, 0.2) is 0 Å². The van der Waals surface area contributed by atoms with Crippen molar-refractivity contribution in [1.82, 2.24) is 0 Å². The van der Waals surface area contributed by atoms with E-state index in [1.807, 2.05) is 0 Å². The van der Waals surface area contributed by atoms with Crippen molar-refractivity contribution in [2.24, 2.45) is 11.7 Å². The molecular formula is C5H9NS. The minimum atomic E-state index is 0.204. The molecule has 0 aromatic heterocycles. The minimum absolute atomic E-state index is 0.204. The van der Waals surface area contributed by atoms with E-state index in [1.54, 1.807) is 5.37 Å². The second-order valence-corrected chi connectivity index (χ2v) is 2.32. The summed E-state index contributed by atoms with van der Waals surface area (Å²) in [5.74, 6) is 0.734. The highest BCUT2D eigenvalue weighted by Crippen LogP contribution is 2.30. The SMILES string of the molecule is NC(C=S)C1CC1. The zero-order valence-electron chi connectivity index (χ0n) is 4.13. The lowest BCUT2D eigenvalue weighted by Crippen LogP contribution is -2.22. The maximum Gasteiger partial charge on any atom is 0.0357 e. The van der Waals surface area contributed by atoms with Crippen molar-refractivity contribution in [3.05, 3.63) is 0 Å². The molecule has 0 aromatic rings. The van der Waals surface area contributed by atoms with Crippen molar-refractivity contribution in [3.8, 4) is 0 Å². The summed E-state index contributed by atoms with van der Waals surface area (Å²) in [5, 5.41) is 1.66. The number of hydrogen-bond acceptors (Lipinski definition) is 2. The number of rotatable bonds is 2. The number of hydrogen-bond donors (Lipinski definition) is 1. The molecular weight excluding hydrogens is 106 g/mol. The monoisotopic (exact) mass is 115 g/mol. The first-order chi connectivity index (χ1) is 3.34. The molecule has 7 heavy (non-hydrogen) atoms. The van der Waals surface area contributed by atoms with Gasteiger partial charge >= 0.3 is 0 Å². The van der Waals surface area contributed by atoms with E-state index in [9.17, 15) is 0 Å². The van der Waals surface area contributed by atoms with Crippen LogP contribution in [-0.2, 0) is 0 Å². The van der Waals surface area contributed by atoms with Gasteiger partial charge in [0.05, 0.1) is 0 Å². The molecule has 0 heterocycles. The van der Waals surface area contributed by atoms with Gasteiger partial charge in [0.25, 0.3) is 0 Å². The van der Waals surface area contributed by atoms with Gasteiger partial charge in [-0.05, 0) is 24.1 Å². The molecule has 0 aromatic carbocycles. The Hall–Kier alpha value is 0.0500. The van der Waals surface area contributed by atoms with Gasteiger partial charge in [0.2, 0.25) is 0 Å². The lowest BCUT2D eigenvalue weighted by molar-refractivity contribution is 0.763. The summed E-state index contributed by atoms with van der Waals surface area (Å²) >= 11 is 4.64. The Labute approximate surface area is 48.9 Å². The van der Waals surface area contributed by atoms with E-state index in [2.05, 4.69) is 12.2 Å². The summed E-state index contributed by atoms with van der Waals surface area (Å²) in [7, 11) is 0. The van der Waals surface area contributed by atoms with Crippen LogP contribution in [0.2, 0.25) is 0 Å². The van der Waals surface area contributed by atoms with Crippen LogP contribution in [0.5, 0.6) is 0 Å². The molecule has 0 aliphatic heterocycles. The maximum absolute atomic E-state index is 5.52. The van der Waals surface area contributed by atoms with Crippen molar-refractivity contribution in [1.29, 1.82) is 0 Å². The Morgan fingerprint density at radius 1 is 1.71 bits per heavy atom. The molecule has 1 atom stereocenters. The first-order valence-electron chi connectivity index (χ1n) is 2.55. The minimum Gasteiger partial charge on any atom is -0.324 e. The number of thiocarbonyl (C=S) groups is 1. The molecule has 1 nitrogen and oxygen atoms in total. The molecule has 1 aliphatic carbocycles. The molecule has 1 rings (SSSR count). The zero-order chi connectivity index (χ0) is 5.28.